The third-order valence-electron chi connectivity index (χ3n) is 3.09. The minimum absolute atomic E-state index is 0.444. The highest BCUT2D eigenvalue weighted by Crippen LogP contribution is 2.29. The SMILES string of the molecule is Cc1cccc(COC2CC(CN)C2)c1. The van der Waals surface area contributed by atoms with Crippen LogP contribution in [0.2, 0.25) is 0 Å². The maximum Gasteiger partial charge on any atom is 0.0720 e. The van der Waals surface area contributed by atoms with Crippen molar-refractivity contribution in [2.75, 3.05) is 6.54 Å². The van der Waals surface area contributed by atoms with Crippen LogP contribution in [0, 0.1) is 12.8 Å². The Morgan fingerprint density at radius 3 is 2.87 bits per heavy atom. The highest BCUT2D eigenvalue weighted by atomic mass is 16.5. The topological polar surface area (TPSA) is 35.2 Å². The van der Waals surface area contributed by atoms with Crippen molar-refractivity contribution in [3.63, 3.8) is 0 Å². The third-order valence-corrected chi connectivity index (χ3v) is 3.09. The normalized spacial score (nSPS) is 24.9. The summed E-state index contributed by atoms with van der Waals surface area (Å²) in [4.78, 5) is 0. The predicted molar refractivity (Wildman–Crippen MR) is 61.5 cm³/mol. The van der Waals surface area contributed by atoms with Crippen LogP contribution in [-0.4, -0.2) is 12.6 Å². The summed E-state index contributed by atoms with van der Waals surface area (Å²) in [5.41, 5.74) is 8.13. The van der Waals surface area contributed by atoms with E-state index in [0.29, 0.717) is 12.0 Å². The summed E-state index contributed by atoms with van der Waals surface area (Å²) >= 11 is 0. The number of benzene rings is 1. The molecule has 82 valence electrons. The zero-order valence-electron chi connectivity index (χ0n) is 9.28. The smallest absolute Gasteiger partial charge is 0.0720 e. The zero-order valence-corrected chi connectivity index (χ0v) is 9.28. The van der Waals surface area contributed by atoms with Gasteiger partial charge < -0.3 is 10.5 Å². The van der Waals surface area contributed by atoms with Gasteiger partial charge in [-0.05, 0) is 37.8 Å². The number of ether oxygens (including phenoxy) is 1. The molecular formula is C13H19NO. The highest BCUT2D eigenvalue weighted by Gasteiger charge is 2.28. The van der Waals surface area contributed by atoms with E-state index in [1.165, 1.54) is 11.1 Å². The number of aryl methyl sites for hydroxylation is 1. The first-order valence-corrected chi connectivity index (χ1v) is 5.65. The molecule has 2 rings (SSSR count). The first-order chi connectivity index (χ1) is 7.28. The molecule has 1 aromatic carbocycles. The van der Waals surface area contributed by atoms with Crippen LogP contribution in [0.5, 0.6) is 0 Å². The fourth-order valence-corrected chi connectivity index (χ4v) is 2.02. The molecule has 0 amide bonds. The van der Waals surface area contributed by atoms with Crippen molar-refractivity contribution in [3.8, 4) is 0 Å². The lowest BCUT2D eigenvalue weighted by molar-refractivity contribution is -0.0376. The van der Waals surface area contributed by atoms with Crippen LogP contribution >= 0.6 is 0 Å². The van der Waals surface area contributed by atoms with Gasteiger partial charge in [-0.25, -0.2) is 0 Å². The van der Waals surface area contributed by atoms with Gasteiger partial charge in [0.25, 0.3) is 0 Å². The van der Waals surface area contributed by atoms with Crippen LogP contribution in [0.3, 0.4) is 0 Å². The van der Waals surface area contributed by atoms with Crippen LogP contribution in [0.25, 0.3) is 0 Å². The number of hydrogen-bond acceptors (Lipinski definition) is 2. The molecule has 0 saturated heterocycles. The van der Waals surface area contributed by atoms with E-state index >= 15 is 0 Å². The van der Waals surface area contributed by atoms with E-state index in [-0.39, 0.29) is 0 Å². The van der Waals surface area contributed by atoms with Gasteiger partial charge in [-0.3, -0.25) is 0 Å². The van der Waals surface area contributed by atoms with Crippen molar-refractivity contribution >= 4 is 0 Å². The van der Waals surface area contributed by atoms with Gasteiger partial charge in [0.1, 0.15) is 0 Å². The first-order valence-electron chi connectivity index (χ1n) is 5.65. The Morgan fingerprint density at radius 1 is 1.40 bits per heavy atom. The number of nitrogens with two attached hydrogens (primary N) is 1. The molecule has 1 saturated carbocycles. The molecule has 0 atom stereocenters. The van der Waals surface area contributed by atoms with Crippen molar-refractivity contribution in [3.05, 3.63) is 35.4 Å². The van der Waals surface area contributed by atoms with Gasteiger partial charge >= 0.3 is 0 Å². The van der Waals surface area contributed by atoms with Gasteiger partial charge in [0.05, 0.1) is 12.7 Å². The lowest BCUT2D eigenvalue weighted by Gasteiger charge is -2.34. The summed E-state index contributed by atoms with van der Waals surface area (Å²) in [6.07, 6.45) is 2.73. The van der Waals surface area contributed by atoms with E-state index in [0.717, 1.165) is 26.0 Å². The second-order valence-electron chi connectivity index (χ2n) is 4.50. The summed E-state index contributed by atoms with van der Waals surface area (Å²) in [7, 11) is 0. The number of hydrogen-bond donors (Lipinski definition) is 1. The Kier molecular flexibility index (Phi) is 3.39. The predicted octanol–water partition coefficient (Wildman–Crippen LogP) is 2.25. The zero-order chi connectivity index (χ0) is 10.7. The maximum atomic E-state index is 5.80. The molecule has 0 aliphatic heterocycles. The summed E-state index contributed by atoms with van der Waals surface area (Å²) in [6, 6.07) is 8.49. The molecule has 0 unspecified atom stereocenters. The van der Waals surface area contributed by atoms with Crippen molar-refractivity contribution in [1.82, 2.24) is 0 Å². The molecule has 0 radical (unpaired) electrons. The Balaban J connectivity index is 1.75. The molecule has 1 fully saturated rings. The second-order valence-corrected chi connectivity index (χ2v) is 4.50. The Bertz CT molecular complexity index is 318. The third kappa shape index (κ3) is 2.80. The van der Waals surface area contributed by atoms with E-state index in [4.69, 9.17) is 10.5 Å². The van der Waals surface area contributed by atoms with Gasteiger partial charge in [-0.2, -0.15) is 0 Å². The standard InChI is InChI=1S/C13H19NO/c1-10-3-2-4-11(5-10)9-15-13-6-12(7-13)8-14/h2-5,12-13H,6-9,14H2,1H3. The minimum Gasteiger partial charge on any atom is -0.374 e. The Morgan fingerprint density at radius 2 is 2.20 bits per heavy atom. The highest BCUT2D eigenvalue weighted by molar-refractivity contribution is 5.21. The van der Waals surface area contributed by atoms with Crippen LogP contribution in [0.15, 0.2) is 24.3 Å². The quantitative estimate of drug-likeness (QED) is 0.818. The molecule has 2 N–H and O–H groups in total. The molecule has 1 aliphatic rings. The molecule has 1 aromatic rings. The van der Waals surface area contributed by atoms with E-state index < -0.39 is 0 Å². The van der Waals surface area contributed by atoms with Crippen molar-refractivity contribution in [2.24, 2.45) is 11.7 Å². The fourth-order valence-electron chi connectivity index (χ4n) is 2.02. The molecule has 0 spiro atoms. The summed E-state index contributed by atoms with van der Waals surface area (Å²) in [6.45, 7) is 3.66. The van der Waals surface area contributed by atoms with E-state index in [1.807, 2.05) is 0 Å². The largest absolute Gasteiger partial charge is 0.374 e. The number of rotatable bonds is 4. The summed E-state index contributed by atoms with van der Waals surface area (Å²) in [5, 5.41) is 0. The molecule has 1 aliphatic carbocycles. The Hall–Kier alpha value is -0.860. The first kappa shape index (κ1) is 10.7. The van der Waals surface area contributed by atoms with Gasteiger partial charge in [-0.1, -0.05) is 29.8 Å². The van der Waals surface area contributed by atoms with Crippen LogP contribution in [-0.2, 0) is 11.3 Å². The lowest BCUT2D eigenvalue weighted by Crippen LogP contribution is -2.35. The summed E-state index contributed by atoms with van der Waals surface area (Å²) in [5.74, 6) is 0.701. The van der Waals surface area contributed by atoms with Crippen LogP contribution in [0.4, 0.5) is 0 Å². The van der Waals surface area contributed by atoms with Gasteiger partial charge in [-0.15, -0.1) is 0 Å². The van der Waals surface area contributed by atoms with Crippen molar-refractivity contribution in [2.45, 2.75) is 32.5 Å². The molecule has 0 aromatic heterocycles. The van der Waals surface area contributed by atoms with Gasteiger partial charge in [0.15, 0.2) is 0 Å². The van der Waals surface area contributed by atoms with Gasteiger partial charge in [0.2, 0.25) is 0 Å². The lowest BCUT2D eigenvalue weighted by atomic mass is 9.82. The maximum absolute atomic E-state index is 5.80. The van der Waals surface area contributed by atoms with E-state index in [9.17, 15) is 0 Å². The van der Waals surface area contributed by atoms with Crippen LogP contribution in [0.1, 0.15) is 24.0 Å². The average molecular weight is 205 g/mol. The van der Waals surface area contributed by atoms with E-state index in [1.54, 1.807) is 0 Å². The van der Waals surface area contributed by atoms with Crippen molar-refractivity contribution in [1.29, 1.82) is 0 Å². The molecule has 0 heterocycles. The van der Waals surface area contributed by atoms with Crippen molar-refractivity contribution < 1.29 is 4.74 Å². The molecule has 0 bridgehead atoms. The molecule has 2 nitrogen and oxygen atoms in total. The second kappa shape index (κ2) is 4.77. The molecule has 2 heteroatoms. The average Bonchev–Trinajstić information content (AvgIpc) is 2.16. The monoisotopic (exact) mass is 205 g/mol. The van der Waals surface area contributed by atoms with Gasteiger partial charge in [0, 0.05) is 0 Å². The van der Waals surface area contributed by atoms with E-state index in [2.05, 4.69) is 31.2 Å². The summed E-state index contributed by atoms with van der Waals surface area (Å²) < 4.78 is 5.80. The van der Waals surface area contributed by atoms with Crippen LogP contribution < -0.4 is 5.73 Å². The Labute approximate surface area is 91.4 Å². The fraction of sp³-hybridized carbons (Fsp3) is 0.538. The molecular weight excluding hydrogens is 186 g/mol. The minimum atomic E-state index is 0.444. The molecule has 15 heavy (non-hydrogen) atoms.